The van der Waals surface area contributed by atoms with Gasteiger partial charge in [-0.05, 0) is 36.5 Å². The Balaban J connectivity index is 2.07. The van der Waals surface area contributed by atoms with Crippen molar-refractivity contribution in [3.8, 4) is 0 Å². The molecule has 0 atom stereocenters. The van der Waals surface area contributed by atoms with Crippen molar-refractivity contribution in [1.82, 2.24) is 5.32 Å². The lowest BCUT2D eigenvalue weighted by atomic mass is 9.97. The zero-order valence-electron chi connectivity index (χ0n) is 10.2. The Morgan fingerprint density at radius 2 is 2.06 bits per heavy atom. The zero-order chi connectivity index (χ0) is 12.8. The lowest BCUT2D eigenvalue weighted by molar-refractivity contribution is -0.135. The smallest absolute Gasteiger partial charge is 0.322 e. The largest absolute Gasteiger partial charge is 0.480 e. The Morgan fingerprint density at radius 3 is 2.78 bits per heavy atom. The number of hydrogen-bond donors (Lipinski definition) is 2. The summed E-state index contributed by atoms with van der Waals surface area (Å²) < 4.78 is 0. The van der Waals surface area contributed by atoms with Crippen molar-refractivity contribution in [2.45, 2.75) is 19.3 Å². The second-order valence-corrected chi connectivity index (χ2v) is 4.40. The lowest BCUT2D eigenvalue weighted by Crippen LogP contribution is -2.23. The maximum absolute atomic E-state index is 10.5. The molecule has 0 fully saturated rings. The highest BCUT2D eigenvalue weighted by atomic mass is 16.4. The second kappa shape index (κ2) is 6.05. The molecule has 0 radical (unpaired) electrons. The first kappa shape index (κ1) is 12.4. The molecule has 1 aliphatic rings. The summed E-state index contributed by atoms with van der Waals surface area (Å²) in [5.74, 6) is -0.824. The second-order valence-electron chi connectivity index (χ2n) is 4.40. The number of carboxylic acid groups (broad SMARTS) is 1. The van der Waals surface area contributed by atoms with Gasteiger partial charge in [-0.2, -0.15) is 0 Å². The number of benzene rings is 1. The predicted octanol–water partition coefficient (Wildman–Crippen LogP) is 2.81. The van der Waals surface area contributed by atoms with E-state index in [4.69, 9.17) is 5.11 Å². The van der Waals surface area contributed by atoms with Gasteiger partial charge in [-0.25, -0.2) is 0 Å². The Kier molecular flexibility index (Phi) is 4.18. The average Bonchev–Trinajstić information content (AvgIpc) is 2.38. The molecule has 0 bridgehead atoms. The van der Waals surface area contributed by atoms with Gasteiger partial charge in [-0.1, -0.05) is 36.4 Å². The van der Waals surface area contributed by atoms with Gasteiger partial charge in [0.15, 0.2) is 0 Å². The van der Waals surface area contributed by atoms with Gasteiger partial charge in [0.25, 0.3) is 0 Å². The first-order valence-electron chi connectivity index (χ1n) is 6.16. The van der Waals surface area contributed by atoms with Crippen LogP contribution in [0, 0.1) is 0 Å². The van der Waals surface area contributed by atoms with E-state index in [-0.39, 0.29) is 6.54 Å². The maximum atomic E-state index is 10.5. The van der Waals surface area contributed by atoms with Crippen LogP contribution in [-0.2, 0) is 4.79 Å². The number of carboxylic acids is 1. The van der Waals surface area contributed by atoms with Gasteiger partial charge in [0.1, 0.15) is 6.54 Å². The van der Waals surface area contributed by atoms with Crippen molar-refractivity contribution in [1.29, 1.82) is 0 Å². The van der Waals surface area contributed by atoms with Crippen LogP contribution in [-0.4, -0.2) is 17.6 Å². The van der Waals surface area contributed by atoms with E-state index in [1.165, 1.54) is 11.1 Å². The van der Waals surface area contributed by atoms with Crippen molar-refractivity contribution in [3.63, 3.8) is 0 Å². The maximum Gasteiger partial charge on any atom is 0.322 e. The average molecular weight is 243 g/mol. The molecule has 0 saturated heterocycles. The van der Waals surface area contributed by atoms with Gasteiger partial charge in [-0.3, -0.25) is 4.79 Å². The third-order valence-electron chi connectivity index (χ3n) is 2.89. The summed E-state index contributed by atoms with van der Waals surface area (Å²) in [6.07, 6.45) is 7.27. The van der Waals surface area contributed by atoms with Crippen molar-refractivity contribution < 1.29 is 9.90 Å². The highest BCUT2D eigenvalue weighted by Crippen LogP contribution is 2.22. The van der Waals surface area contributed by atoms with E-state index in [9.17, 15) is 4.79 Å². The monoisotopic (exact) mass is 243 g/mol. The zero-order valence-corrected chi connectivity index (χ0v) is 10.2. The minimum Gasteiger partial charge on any atom is -0.480 e. The molecule has 3 nitrogen and oxygen atoms in total. The normalized spacial score (nSPS) is 17.3. The third kappa shape index (κ3) is 3.77. The Bertz CT molecular complexity index is 475. The molecule has 1 aromatic carbocycles. The highest BCUT2D eigenvalue weighted by molar-refractivity contribution is 5.69. The summed E-state index contributed by atoms with van der Waals surface area (Å²) in [5, 5.41) is 11.6. The van der Waals surface area contributed by atoms with E-state index in [1.807, 2.05) is 18.2 Å². The van der Waals surface area contributed by atoms with Gasteiger partial charge < -0.3 is 10.4 Å². The van der Waals surface area contributed by atoms with E-state index in [2.05, 4.69) is 29.6 Å². The molecule has 0 unspecified atom stereocenters. The van der Waals surface area contributed by atoms with Crippen LogP contribution in [0.25, 0.3) is 6.08 Å². The Morgan fingerprint density at radius 1 is 1.28 bits per heavy atom. The van der Waals surface area contributed by atoms with Crippen LogP contribution in [0.4, 0.5) is 0 Å². The van der Waals surface area contributed by atoms with Crippen LogP contribution in [0.5, 0.6) is 0 Å². The SMILES string of the molecule is O=C(O)CNC1=C/C(=C/c2ccccc2)CCC1. The third-order valence-corrected chi connectivity index (χ3v) is 2.89. The quantitative estimate of drug-likeness (QED) is 0.855. The number of allylic oxidation sites excluding steroid dienone is 3. The first-order valence-corrected chi connectivity index (χ1v) is 6.16. The van der Waals surface area contributed by atoms with Crippen molar-refractivity contribution in [3.05, 3.63) is 53.2 Å². The molecule has 1 aliphatic carbocycles. The van der Waals surface area contributed by atoms with Crippen LogP contribution < -0.4 is 5.32 Å². The molecule has 0 heterocycles. The lowest BCUT2D eigenvalue weighted by Gasteiger charge is -2.16. The topological polar surface area (TPSA) is 49.3 Å². The van der Waals surface area contributed by atoms with E-state index in [1.54, 1.807) is 0 Å². The van der Waals surface area contributed by atoms with E-state index >= 15 is 0 Å². The fourth-order valence-corrected chi connectivity index (χ4v) is 2.06. The van der Waals surface area contributed by atoms with E-state index < -0.39 is 5.97 Å². The molecule has 2 rings (SSSR count). The summed E-state index contributed by atoms with van der Waals surface area (Å²) in [6, 6.07) is 10.2. The fraction of sp³-hybridized carbons (Fsp3) is 0.267. The molecule has 0 amide bonds. The van der Waals surface area contributed by atoms with E-state index in [0.29, 0.717) is 0 Å². The van der Waals surface area contributed by atoms with Gasteiger partial charge in [0, 0.05) is 5.70 Å². The van der Waals surface area contributed by atoms with Crippen LogP contribution in [0.1, 0.15) is 24.8 Å². The molecular formula is C15H17NO2. The van der Waals surface area contributed by atoms with Gasteiger partial charge >= 0.3 is 5.97 Å². The predicted molar refractivity (Wildman–Crippen MR) is 72.0 cm³/mol. The standard InChI is InChI=1S/C15H17NO2/c17-15(18)11-16-14-8-4-7-13(10-14)9-12-5-2-1-3-6-12/h1-3,5-6,9-10,16H,4,7-8,11H2,(H,17,18)/b13-9+. The van der Waals surface area contributed by atoms with Crippen LogP contribution in [0.2, 0.25) is 0 Å². The Hall–Kier alpha value is -2.03. The molecule has 1 aromatic rings. The summed E-state index contributed by atoms with van der Waals surface area (Å²) in [6.45, 7) is -0.00947. The van der Waals surface area contributed by atoms with Crippen LogP contribution >= 0.6 is 0 Å². The minimum absolute atomic E-state index is 0.00947. The number of aliphatic carboxylic acids is 1. The summed E-state index contributed by atoms with van der Waals surface area (Å²) in [4.78, 5) is 10.5. The summed E-state index contributed by atoms with van der Waals surface area (Å²) in [5.41, 5.74) is 3.45. The molecule has 94 valence electrons. The number of rotatable bonds is 4. The van der Waals surface area contributed by atoms with Crippen LogP contribution in [0.3, 0.4) is 0 Å². The summed E-state index contributed by atoms with van der Waals surface area (Å²) in [7, 11) is 0. The number of nitrogens with one attached hydrogen (secondary N) is 1. The first-order chi connectivity index (χ1) is 8.74. The number of carbonyl (C=O) groups is 1. The fourth-order valence-electron chi connectivity index (χ4n) is 2.06. The molecular weight excluding hydrogens is 226 g/mol. The molecule has 0 spiro atoms. The van der Waals surface area contributed by atoms with Crippen molar-refractivity contribution in [2.24, 2.45) is 0 Å². The molecule has 0 aliphatic heterocycles. The molecule has 0 aromatic heterocycles. The van der Waals surface area contributed by atoms with Gasteiger partial charge in [0.2, 0.25) is 0 Å². The highest BCUT2D eigenvalue weighted by Gasteiger charge is 2.08. The molecule has 0 saturated carbocycles. The molecule has 3 heteroatoms. The van der Waals surface area contributed by atoms with Gasteiger partial charge in [-0.15, -0.1) is 0 Å². The summed E-state index contributed by atoms with van der Waals surface area (Å²) >= 11 is 0. The molecule has 18 heavy (non-hydrogen) atoms. The van der Waals surface area contributed by atoms with Gasteiger partial charge in [0.05, 0.1) is 0 Å². The van der Waals surface area contributed by atoms with Crippen LogP contribution in [0.15, 0.2) is 47.7 Å². The van der Waals surface area contributed by atoms with Crippen molar-refractivity contribution in [2.75, 3.05) is 6.54 Å². The Labute approximate surface area is 107 Å². The number of hydrogen-bond acceptors (Lipinski definition) is 2. The van der Waals surface area contributed by atoms with Crippen molar-refractivity contribution >= 4 is 12.0 Å². The minimum atomic E-state index is -0.824. The van der Waals surface area contributed by atoms with E-state index in [0.717, 1.165) is 25.0 Å². The molecule has 2 N–H and O–H groups in total.